The van der Waals surface area contributed by atoms with Crippen LogP contribution in [0, 0.1) is 17.7 Å². The van der Waals surface area contributed by atoms with E-state index in [4.69, 9.17) is 11.6 Å². The molecule has 24 heavy (non-hydrogen) atoms. The first-order valence-corrected chi connectivity index (χ1v) is 9.06. The van der Waals surface area contributed by atoms with E-state index in [2.05, 4.69) is 23.7 Å². The van der Waals surface area contributed by atoms with Gasteiger partial charge in [0.05, 0.1) is 10.7 Å². The van der Waals surface area contributed by atoms with E-state index in [9.17, 15) is 4.39 Å². The van der Waals surface area contributed by atoms with Crippen LogP contribution in [0.25, 0.3) is 11.3 Å². The number of hydrogen-bond donors (Lipinski definition) is 0. The molecule has 0 radical (unpaired) electrons. The number of allylic oxidation sites excluding steroid dienone is 1. The normalized spacial score (nSPS) is 20.8. The third-order valence-electron chi connectivity index (χ3n) is 5.11. The number of aromatic nitrogens is 1. The van der Waals surface area contributed by atoms with Gasteiger partial charge in [-0.2, -0.15) is 0 Å². The molecule has 1 heterocycles. The predicted molar refractivity (Wildman–Crippen MR) is 98.6 cm³/mol. The molecule has 0 saturated heterocycles. The Balaban J connectivity index is 1.57. The molecule has 2 aromatic rings. The van der Waals surface area contributed by atoms with Gasteiger partial charge in [0.2, 0.25) is 0 Å². The highest BCUT2D eigenvalue weighted by Gasteiger charge is 2.18. The molecule has 126 valence electrons. The van der Waals surface area contributed by atoms with Crippen molar-refractivity contribution in [1.82, 2.24) is 4.98 Å². The molecule has 0 atom stereocenters. The van der Waals surface area contributed by atoms with Gasteiger partial charge in [0.1, 0.15) is 5.82 Å². The Labute approximate surface area is 148 Å². The van der Waals surface area contributed by atoms with Gasteiger partial charge in [-0.3, -0.25) is 4.98 Å². The minimum atomic E-state index is -0.400. The molecule has 1 nitrogen and oxygen atoms in total. The summed E-state index contributed by atoms with van der Waals surface area (Å²) in [6, 6.07) is 8.83. The van der Waals surface area contributed by atoms with Crippen LogP contribution in [0.15, 0.2) is 49.2 Å². The van der Waals surface area contributed by atoms with Crippen LogP contribution in [0.3, 0.4) is 0 Å². The number of benzene rings is 1. The first kappa shape index (κ1) is 17.2. The van der Waals surface area contributed by atoms with Gasteiger partial charge in [-0.25, -0.2) is 4.39 Å². The van der Waals surface area contributed by atoms with E-state index in [0.717, 1.165) is 29.5 Å². The summed E-state index contributed by atoms with van der Waals surface area (Å²) >= 11 is 5.84. The van der Waals surface area contributed by atoms with Gasteiger partial charge in [0, 0.05) is 11.8 Å². The molecule has 0 aliphatic heterocycles. The number of rotatable bonds is 5. The summed E-state index contributed by atoms with van der Waals surface area (Å²) < 4.78 is 13.2. The minimum absolute atomic E-state index is 0.133. The standard InChI is InChI=1S/C21H23ClFN/c1-2-15-3-5-16(6-4-15)7-8-17-9-12-21(24-14-17)18-10-11-20(23)19(22)13-18/h2,9-16H,1,3-8H2/t15-,16-. The van der Waals surface area contributed by atoms with Gasteiger partial charge < -0.3 is 0 Å². The molecule has 3 heteroatoms. The van der Waals surface area contributed by atoms with Gasteiger partial charge in [-0.05, 0) is 80.2 Å². The van der Waals surface area contributed by atoms with Crippen molar-refractivity contribution in [2.24, 2.45) is 11.8 Å². The molecule has 1 aliphatic rings. The van der Waals surface area contributed by atoms with Gasteiger partial charge in [-0.1, -0.05) is 23.7 Å². The van der Waals surface area contributed by atoms with E-state index in [0.29, 0.717) is 0 Å². The minimum Gasteiger partial charge on any atom is -0.256 e. The summed E-state index contributed by atoms with van der Waals surface area (Å²) in [4.78, 5) is 4.51. The molecule has 0 bridgehead atoms. The number of halogens is 2. The summed E-state index contributed by atoms with van der Waals surface area (Å²) in [5.41, 5.74) is 2.93. The fraction of sp³-hybridized carbons (Fsp3) is 0.381. The summed E-state index contributed by atoms with van der Waals surface area (Å²) in [6.45, 7) is 3.91. The lowest BCUT2D eigenvalue weighted by atomic mass is 9.80. The Kier molecular flexibility index (Phi) is 5.68. The zero-order valence-corrected chi connectivity index (χ0v) is 14.6. The second-order valence-corrected chi connectivity index (χ2v) is 7.14. The monoisotopic (exact) mass is 343 g/mol. The van der Waals surface area contributed by atoms with Crippen molar-refractivity contribution in [2.75, 3.05) is 0 Å². The molecular formula is C21H23ClFN. The molecule has 1 aliphatic carbocycles. The molecule has 1 aromatic carbocycles. The van der Waals surface area contributed by atoms with E-state index in [1.165, 1.54) is 43.7 Å². The van der Waals surface area contributed by atoms with Crippen molar-refractivity contribution in [3.05, 3.63) is 65.6 Å². The van der Waals surface area contributed by atoms with Crippen molar-refractivity contribution in [3.63, 3.8) is 0 Å². The van der Waals surface area contributed by atoms with Crippen LogP contribution in [0.4, 0.5) is 4.39 Å². The maximum Gasteiger partial charge on any atom is 0.141 e. The van der Waals surface area contributed by atoms with Crippen molar-refractivity contribution >= 4 is 11.6 Å². The maximum atomic E-state index is 13.2. The van der Waals surface area contributed by atoms with Crippen LogP contribution in [0.1, 0.15) is 37.7 Å². The van der Waals surface area contributed by atoms with E-state index >= 15 is 0 Å². The molecule has 0 unspecified atom stereocenters. The Morgan fingerprint density at radius 1 is 1.17 bits per heavy atom. The second-order valence-electron chi connectivity index (χ2n) is 6.74. The van der Waals surface area contributed by atoms with E-state index in [1.54, 1.807) is 12.1 Å². The Morgan fingerprint density at radius 2 is 1.96 bits per heavy atom. The van der Waals surface area contributed by atoms with Crippen molar-refractivity contribution in [3.8, 4) is 11.3 Å². The maximum absolute atomic E-state index is 13.2. The second kappa shape index (κ2) is 7.94. The zero-order valence-electron chi connectivity index (χ0n) is 13.8. The Bertz CT molecular complexity index is 687. The SMILES string of the molecule is C=C[C@H]1CC[C@H](CCc2ccc(-c3ccc(F)c(Cl)c3)nc2)CC1. The van der Waals surface area contributed by atoms with Crippen molar-refractivity contribution in [2.45, 2.75) is 38.5 Å². The molecule has 0 spiro atoms. The van der Waals surface area contributed by atoms with Crippen molar-refractivity contribution < 1.29 is 4.39 Å². The van der Waals surface area contributed by atoms with Gasteiger partial charge >= 0.3 is 0 Å². The lowest BCUT2D eigenvalue weighted by molar-refractivity contribution is 0.296. The first-order valence-electron chi connectivity index (χ1n) is 8.68. The highest BCUT2D eigenvalue weighted by atomic mass is 35.5. The van der Waals surface area contributed by atoms with Crippen LogP contribution in [-0.2, 0) is 6.42 Å². The molecule has 1 saturated carbocycles. The van der Waals surface area contributed by atoms with Crippen LogP contribution < -0.4 is 0 Å². The number of aryl methyl sites for hydroxylation is 1. The molecule has 1 aromatic heterocycles. The smallest absolute Gasteiger partial charge is 0.141 e. The fourth-order valence-electron chi connectivity index (χ4n) is 3.48. The molecule has 0 N–H and O–H groups in total. The molecular weight excluding hydrogens is 321 g/mol. The summed E-state index contributed by atoms with van der Waals surface area (Å²) in [5, 5.41) is 0.133. The molecule has 3 rings (SSSR count). The number of pyridine rings is 1. The fourth-order valence-corrected chi connectivity index (χ4v) is 3.66. The topological polar surface area (TPSA) is 12.9 Å². The largest absolute Gasteiger partial charge is 0.256 e. The summed E-state index contributed by atoms with van der Waals surface area (Å²) in [6.07, 6.45) is 11.6. The van der Waals surface area contributed by atoms with E-state index in [-0.39, 0.29) is 5.02 Å². The average molecular weight is 344 g/mol. The Morgan fingerprint density at radius 3 is 2.58 bits per heavy atom. The van der Waals surface area contributed by atoms with Gasteiger partial charge in [0.15, 0.2) is 0 Å². The third-order valence-corrected chi connectivity index (χ3v) is 5.40. The predicted octanol–water partition coefficient (Wildman–Crippen LogP) is 6.47. The Hall–Kier alpha value is -1.67. The summed E-state index contributed by atoms with van der Waals surface area (Å²) in [7, 11) is 0. The summed E-state index contributed by atoms with van der Waals surface area (Å²) in [5.74, 6) is 1.16. The highest BCUT2D eigenvalue weighted by molar-refractivity contribution is 6.31. The molecule has 0 amide bonds. The lowest BCUT2D eigenvalue weighted by Gasteiger charge is -2.26. The third kappa shape index (κ3) is 4.24. The number of hydrogen-bond acceptors (Lipinski definition) is 1. The highest BCUT2D eigenvalue weighted by Crippen LogP contribution is 2.32. The average Bonchev–Trinajstić information content (AvgIpc) is 2.63. The van der Waals surface area contributed by atoms with E-state index < -0.39 is 5.82 Å². The van der Waals surface area contributed by atoms with Crippen LogP contribution in [-0.4, -0.2) is 4.98 Å². The quantitative estimate of drug-likeness (QED) is 0.567. The molecule has 1 fully saturated rings. The zero-order chi connectivity index (χ0) is 16.9. The van der Waals surface area contributed by atoms with E-state index in [1.807, 2.05) is 12.3 Å². The number of nitrogens with zero attached hydrogens (tertiary/aromatic N) is 1. The van der Waals surface area contributed by atoms with Crippen LogP contribution >= 0.6 is 11.6 Å². The van der Waals surface area contributed by atoms with Crippen molar-refractivity contribution in [1.29, 1.82) is 0 Å². The van der Waals surface area contributed by atoms with Crippen LogP contribution in [0.2, 0.25) is 5.02 Å². The van der Waals surface area contributed by atoms with Crippen LogP contribution in [0.5, 0.6) is 0 Å². The lowest BCUT2D eigenvalue weighted by Crippen LogP contribution is -2.13. The van der Waals surface area contributed by atoms with Gasteiger partial charge in [-0.15, -0.1) is 6.58 Å². The van der Waals surface area contributed by atoms with Gasteiger partial charge in [0.25, 0.3) is 0 Å². The first-order chi connectivity index (χ1) is 11.7.